The van der Waals surface area contributed by atoms with E-state index in [9.17, 15) is 10.1 Å². The maximum atomic E-state index is 10.8. The van der Waals surface area contributed by atoms with Crippen LogP contribution in [0.3, 0.4) is 0 Å². The minimum atomic E-state index is -0.436. The van der Waals surface area contributed by atoms with Gasteiger partial charge in [0.2, 0.25) is 0 Å². The van der Waals surface area contributed by atoms with Crippen molar-refractivity contribution in [2.24, 2.45) is 5.41 Å². The highest BCUT2D eigenvalue weighted by atomic mass is 35.5. The van der Waals surface area contributed by atoms with Crippen molar-refractivity contribution in [1.29, 1.82) is 0 Å². The Morgan fingerprint density at radius 2 is 2.10 bits per heavy atom. The van der Waals surface area contributed by atoms with Crippen molar-refractivity contribution in [3.05, 3.63) is 38.9 Å². The lowest BCUT2D eigenvalue weighted by Gasteiger charge is -2.31. The summed E-state index contributed by atoms with van der Waals surface area (Å²) in [6.07, 6.45) is 0.621. The second kappa shape index (κ2) is 7.02. The van der Waals surface area contributed by atoms with E-state index in [4.69, 9.17) is 16.7 Å². The summed E-state index contributed by atoms with van der Waals surface area (Å²) in [7, 11) is 0. The third-order valence-electron chi connectivity index (χ3n) is 3.24. The molecule has 0 aliphatic carbocycles. The van der Waals surface area contributed by atoms with Crippen LogP contribution in [0, 0.1) is 15.5 Å². The van der Waals surface area contributed by atoms with Crippen LogP contribution in [0.1, 0.15) is 32.8 Å². The van der Waals surface area contributed by atoms with E-state index < -0.39 is 4.92 Å². The topological polar surface area (TPSA) is 75.4 Å². The molecule has 0 spiro atoms. The molecule has 20 heavy (non-hydrogen) atoms. The van der Waals surface area contributed by atoms with Crippen LogP contribution >= 0.6 is 11.6 Å². The van der Waals surface area contributed by atoms with Crippen LogP contribution < -0.4 is 5.32 Å². The summed E-state index contributed by atoms with van der Waals surface area (Å²) < 4.78 is 0. The Morgan fingerprint density at radius 3 is 2.60 bits per heavy atom. The van der Waals surface area contributed by atoms with Crippen molar-refractivity contribution < 1.29 is 10.0 Å². The Kier molecular flexibility index (Phi) is 5.92. The van der Waals surface area contributed by atoms with Gasteiger partial charge in [-0.1, -0.05) is 32.4 Å². The minimum absolute atomic E-state index is 0.0179. The van der Waals surface area contributed by atoms with Crippen molar-refractivity contribution in [2.75, 3.05) is 6.61 Å². The van der Waals surface area contributed by atoms with E-state index in [-0.39, 0.29) is 23.8 Å². The van der Waals surface area contributed by atoms with Gasteiger partial charge in [0.1, 0.15) is 0 Å². The molecule has 112 valence electrons. The summed E-state index contributed by atoms with van der Waals surface area (Å²) in [6.45, 7) is 6.76. The number of hydrogen-bond acceptors (Lipinski definition) is 4. The molecule has 0 fully saturated rings. The summed E-state index contributed by atoms with van der Waals surface area (Å²) in [5.41, 5.74) is 0.698. The Morgan fingerprint density at radius 1 is 1.45 bits per heavy atom. The summed E-state index contributed by atoms with van der Waals surface area (Å²) in [6, 6.07) is 4.51. The third-order valence-corrected chi connectivity index (χ3v) is 3.61. The molecule has 5 nitrogen and oxygen atoms in total. The molecule has 0 saturated heterocycles. The number of nitrogens with one attached hydrogen (secondary N) is 1. The van der Waals surface area contributed by atoms with Gasteiger partial charge < -0.3 is 10.4 Å². The van der Waals surface area contributed by atoms with E-state index in [0.29, 0.717) is 23.6 Å². The van der Waals surface area contributed by atoms with E-state index in [2.05, 4.69) is 26.1 Å². The van der Waals surface area contributed by atoms with E-state index in [1.165, 1.54) is 18.2 Å². The molecule has 6 heteroatoms. The number of nitro benzene ring substituents is 1. The highest BCUT2D eigenvalue weighted by Crippen LogP contribution is 2.25. The van der Waals surface area contributed by atoms with Crippen LogP contribution in [0.4, 0.5) is 5.69 Å². The first-order valence-corrected chi connectivity index (χ1v) is 6.90. The quantitative estimate of drug-likeness (QED) is 0.625. The summed E-state index contributed by atoms with van der Waals surface area (Å²) in [4.78, 5) is 10.3. The monoisotopic (exact) mass is 300 g/mol. The highest BCUT2D eigenvalue weighted by Gasteiger charge is 2.23. The van der Waals surface area contributed by atoms with E-state index >= 15 is 0 Å². The largest absolute Gasteiger partial charge is 0.396 e. The molecule has 0 aliphatic heterocycles. The van der Waals surface area contributed by atoms with Gasteiger partial charge in [0.15, 0.2) is 0 Å². The summed E-state index contributed by atoms with van der Waals surface area (Å²) >= 11 is 6.06. The van der Waals surface area contributed by atoms with Crippen LogP contribution in [-0.2, 0) is 6.54 Å². The molecule has 0 aromatic heterocycles. The van der Waals surface area contributed by atoms with Gasteiger partial charge in [0, 0.05) is 36.3 Å². The fraction of sp³-hybridized carbons (Fsp3) is 0.571. The molecule has 0 radical (unpaired) electrons. The molecular weight excluding hydrogens is 280 g/mol. The number of hydrogen-bond donors (Lipinski definition) is 2. The number of non-ortho nitro benzene ring substituents is 1. The second-order valence-corrected chi connectivity index (χ2v) is 6.25. The van der Waals surface area contributed by atoms with Gasteiger partial charge in [-0.05, 0) is 23.5 Å². The standard InChI is InChI=1S/C14H21ClN2O3/c1-14(2,3)13(6-7-18)16-9-10-8-11(17(19)20)4-5-12(10)15/h4-5,8,13,16,18H,6-7,9H2,1-3H3. The second-order valence-electron chi connectivity index (χ2n) is 5.84. The third kappa shape index (κ3) is 4.74. The smallest absolute Gasteiger partial charge is 0.269 e. The summed E-state index contributed by atoms with van der Waals surface area (Å²) in [5, 5.41) is 23.7. The molecule has 1 rings (SSSR count). The number of aliphatic hydroxyl groups excluding tert-OH is 1. The lowest BCUT2D eigenvalue weighted by atomic mass is 9.85. The molecule has 0 heterocycles. The number of nitro groups is 1. The number of benzene rings is 1. The van der Waals surface area contributed by atoms with Crippen LogP contribution in [0.2, 0.25) is 5.02 Å². The molecule has 1 aromatic rings. The maximum Gasteiger partial charge on any atom is 0.269 e. The summed E-state index contributed by atoms with van der Waals surface area (Å²) in [5.74, 6) is 0. The number of nitrogens with zero attached hydrogens (tertiary/aromatic N) is 1. The highest BCUT2D eigenvalue weighted by molar-refractivity contribution is 6.31. The molecular formula is C14H21ClN2O3. The van der Waals surface area contributed by atoms with Crippen LogP contribution in [0.5, 0.6) is 0 Å². The van der Waals surface area contributed by atoms with Crippen molar-refractivity contribution >= 4 is 17.3 Å². The zero-order chi connectivity index (χ0) is 15.3. The lowest BCUT2D eigenvalue weighted by molar-refractivity contribution is -0.384. The van der Waals surface area contributed by atoms with Crippen LogP contribution in [0.25, 0.3) is 0 Å². The van der Waals surface area contributed by atoms with Crippen molar-refractivity contribution in [3.63, 3.8) is 0 Å². The molecule has 0 saturated carbocycles. The fourth-order valence-electron chi connectivity index (χ4n) is 2.01. The molecule has 2 N–H and O–H groups in total. The normalized spacial score (nSPS) is 13.2. The first-order chi connectivity index (χ1) is 9.25. The lowest BCUT2D eigenvalue weighted by Crippen LogP contribution is -2.40. The van der Waals surface area contributed by atoms with E-state index in [0.717, 1.165) is 0 Å². The molecule has 0 bridgehead atoms. The molecule has 0 amide bonds. The molecule has 1 aromatic carbocycles. The van der Waals surface area contributed by atoms with Crippen LogP contribution in [0.15, 0.2) is 18.2 Å². The Bertz CT molecular complexity index is 472. The van der Waals surface area contributed by atoms with Gasteiger partial charge in [-0.3, -0.25) is 10.1 Å². The molecule has 0 aliphatic rings. The van der Waals surface area contributed by atoms with Gasteiger partial charge in [0.25, 0.3) is 5.69 Å². The van der Waals surface area contributed by atoms with Gasteiger partial charge in [0.05, 0.1) is 4.92 Å². The predicted octanol–water partition coefficient (Wildman–Crippen LogP) is 3.13. The Labute approximate surface area is 124 Å². The molecule has 1 unspecified atom stereocenters. The van der Waals surface area contributed by atoms with Crippen molar-refractivity contribution in [3.8, 4) is 0 Å². The van der Waals surface area contributed by atoms with Gasteiger partial charge in [-0.2, -0.15) is 0 Å². The Hall–Kier alpha value is -1.17. The number of halogens is 1. The molecule has 1 atom stereocenters. The fourth-order valence-corrected chi connectivity index (χ4v) is 2.20. The van der Waals surface area contributed by atoms with Gasteiger partial charge >= 0.3 is 0 Å². The van der Waals surface area contributed by atoms with Crippen molar-refractivity contribution in [2.45, 2.75) is 39.8 Å². The average molecular weight is 301 g/mol. The SMILES string of the molecule is CC(C)(C)C(CCO)NCc1cc([N+](=O)[O-])ccc1Cl. The van der Waals surface area contributed by atoms with Crippen molar-refractivity contribution in [1.82, 2.24) is 5.32 Å². The maximum absolute atomic E-state index is 10.8. The number of aliphatic hydroxyl groups is 1. The minimum Gasteiger partial charge on any atom is -0.396 e. The first-order valence-electron chi connectivity index (χ1n) is 6.52. The number of rotatable bonds is 6. The zero-order valence-electron chi connectivity index (χ0n) is 12.0. The van der Waals surface area contributed by atoms with Gasteiger partial charge in [-0.15, -0.1) is 0 Å². The van der Waals surface area contributed by atoms with E-state index in [1.807, 2.05) is 0 Å². The van der Waals surface area contributed by atoms with Gasteiger partial charge in [-0.25, -0.2) is 0 Å². The first kappa shape index (κ1) is 16.9. The van der Waals surface area contributed by atoms with E-state index in [1.54, 1.807) is 0 Å². The average Bonchev–Trinajstić information content (AvgIpc) is 2.34. The predicted molar refractivity (Wildman–Crippen MR) is 79.9 cm³/mol. The zero-order valence-corrected chi connectivity index (χ0v) is 12.8. The Balaban J connectivity index is 2.82. The van der Waals surface area contributed by atoms with Crippen LogP contribution in [-0.4, -0.2) is 22.7 Å².